The average Bonchev–Trinajstić information content (AvgIpc) is 3.47. The smallest absolute Gasteiger partial charge is 0.289 e. The number of aromatic nitrogens is 2. The fourth-order valence-corrected chi connectivity index (χ4v) is 6.70. The third-order valence-corrected chi connectivity index (χ3v) is 8.82. The lowest BCUT2D eigenvalue weighted by atomic mass is 10.3. The number of furan rings is 1. The quantitative estimate of drug-likeness (QED) is 0.433. The van der Waals surface area contributed by atoms with Gasteiger partial charge in [0.25, 0.3) is 5.91 Å². The molecule has 4 heterocycles. The number of carbonyl (C=O) groups is 1. The summed E-state index contributed by atoms with van der Waals surface area (Å²) in [5, 5.41) is 4.47. The van der Waals surface area contributed by atoms with Crippen LogP contribution < -0.4 is 0 Å². The lowest BCUT2D eigenvalue weighted by Gasteiger charge is -2.21. The number of para-hydroxylation sites is 1. The molecule has 11 heteroatoms. The molecule has 5 rings (SSSR count). The minimum Gasteiger partial charge on any atom is -0.448 e. The summed E-state index contributed by atoms with van der Waals surface area (Å²) in [5.74, 6) is 0.755. The summed E-state index contributed by atoms with van der Waals surface area (Å²) in [6.45, 7) is 4.38. The monoisotopic (exact) mass is 486 g/mol. The third kappa shape index (κ3) is 3.96. The number of nitrogens with zero attached hydrogens (tertiary/aromatic N) is 4. The van der Waals surface area contributed by atoms with Crippen LogP contribution in [-0.2, 0) is 10.0 Å². The van der Waals surface area contributed by atoms with Crippen LogP contribution in [0.25, 0.3) is 21.0 Å². The number of hydrogen-bond donors (Lipinski definition) is 0. The molecule has 0 saturated carbocycles. The van der Waals surface area contributed by atoms with Crippen molar-refractivity contribution in [3.63, 3.8) is 0 Å². The van der Waals surface area contributed by atoms with Crippen molar-refractivity contribution in [2.75, 3.05) is 26.2 Å². The molecule has 172 valence electrons. The van der Waals surface area contributed by atoms with Crippen LogP contribution in [0.1, 0.15) is 28.4 Å². The van der Waals surface area contributed by atoms with E-state index in [0.717, 1.165) is 10.2 Å². The maximum atomic E-state index is 13.1. The zero-order chi connectivity index (χ0) is 23.2. The van der Waals surface area contributed by atoms with E-state index in [-0.39, 0.29) is 35.4 Å². The summed E-state index contributed by atoms with van der Waals surface area (Å²) in [4.78, 5) is 19.4. The van der Waals surface area contributed by atoms with Crippen molar-refractivity contribution in [2.45, 2.75) is 25.2 Å². The molecule has 4 aromatic rings. The number of thiazole rings is 1. The molecule has 1 aromatic carbocycles. The molecule has 1 fully saturated rings. The number of carbonyl (C=O) groups excluding carboxylic acids is 1. The van der Waals surface area contributed by atoms with Gasteiger partial charge in [-0.25, -0.2) is 13.4 Å². The molecule has 33 heavy (non-hydrogen) atoms. The topological polar surface area (TPSA) is 110 Å². The van der Waals surface area contributed by atoms with Crippen molar-refractivity contribution in [2.24, 2.45) is 0 Å². The van der Waals surface area contributed by atoms with Crippen molar-refractivity contribution in [3.05, 3.63) is 53.6 Å². The van der Waals surface area contributed by atoms with Gasteiger partial charge < -0.3 is 13.8 Å². The van der Waals surface area contributed by atoms with Crippen LogP contribution >= 0.6 is 11.3 Å². The van der Waals surface area contributed by atoms with Crippen LogP contribution in [0.3, 0.4) is 0 Å². The Bertz CT molecular complexity index is 1380. The zero-order valence-corrected chi connectivity index (χ0v) is 19.8. The second kappa shape index (κ2) is 8.40. The summed E-state index contributed by atoms with van der Waals surface area (Å²) in [6.07, 6.45) is 0.514. The van der Waals surface area contributed by atoms with Gasteiger partial charge in [0, 0.05) is 26.2 Å². The van der Waals surface area contributed by atoms with Crippen molar-refractivity contribution in [1.82, 2.24) is 19.3 Å². The maximum absolute atomic E-state index is 13.1. The molecule has 0 aliphatic carbocycles. The van der Waals surface area contributed by atoms with Gasteiger partial charge >= 0.3 is 0 Å². The lowest BCUT2D eigenvalue weighted by molar-refractivity contribution is 0.0733. The first-order valence-electron chi connectivity index (χ1n) is 10.5. The van der Waals surface area contributed by atoms with Crippen molar-refractivity contribution in [1.29, 1.82) is 0 Å². The normalized spacial score (nSPS) is 15.8. The number of aryl methyl sites for hydroxylation is 2. The van der Waals surface area contributed by atoms with E-state index in [2.05, 4.69) is 10.1 Å². The Hall–Kier alpha value is -3.02. The van der Waals surface area contributed by atoms with Gasteiger partial charge in [0.1, 0.15) is 10.6 Å². The Morgan fingerprint density at radius 2 is 1.88 bits per heavy atom. The lowest BCUT2D eigenvalue weighted by Crippen LogP contribution is -2.37. The average molecular weight is 487 g/mol. The molecule has 1 aliphatic rings. The van der Waals surface area contributed by atoms with E-state index in [9.17, 15) is 13.2 Å². The van der Waals surface area contributed by atoms with Gasteiger partial charge in [-0.1, -0.05) is 17.3 Å². The van der Waals surface area contributed by atoms with Crippen molar-refractivity contribution >= 4 is 37.5 Å². The Labute approximate surface area is 194 Å². The SMILES string of the molecule is Cc1noc(C)c1S(=O)(=O)N1CCCN(C(=O)c2ccc(-c3nc4ccccc4s3)o2)CC1. The van der Waals surface area contributed by atoms with E-state index in [4.69, 9.17) is 8.94 Å². The second-order valence-electron chi connectivity index (χ2n) is 7.85. The number of sulfonamides is 1. The van der Waals surface area contributed by atoms with Gasteiger partial charge in [-0.05, 0) is 44.5 Å². The van der Waals surface area contributed by atoms with E-state index < -0.39 is 10.0 Å². The number of amides is 1. The molecule has 3 aromatic heterocycles. The highest BCUT2D eigenvalue weighted by atomic mass is 32.2. The molecule has 0 radical (unpaired) electrons. The first kappa shape index (κ1) is 21.8. The van der Waals surface area contributed by atoms with E-state index >= 15 is 0 Å². The van der Waals surface area contributed by atoms with Gasteiger partial charge in [-0.15, -0.1) is 11.3 Å². The molecule has 1 aliphatic heterocycles. The highest BCUT2D eigenvalue weighted by molar-refractivity contribution is 7.89. The number of benzene rings is 1. The van der Waals surface area contributed by atoms with Crippen LogP contribution in [0, 0.1) is 13.8 Å². The number of hydrogen-bond acceptors (Lipinski definition) is 8. The fourth-order valence-electron chi connectivity index (χ4n) is 4.01. The second-order valence-corrected chi connectivity index (χ2v) is 10.8. The molecular weight excluding hydrogens is 464 g/mol. The zero-order valence-electron chi connectivity index (χ0n) is 18.1. The number of rotatable bonds is 4. The summed E-state index contributed by atoms with van der Waals surface area (Å²) < 4.78 is 39.6. The van der Waals surface area contributed by atoms with E-state index in [0.29, 0.717) is 36.0 Å². The Balaban J connectivity index is 1.31. The molecule has 0 bridgehead atoms. The first-order valence-corrected chi connectivity index (χ1v) is 12.8. The van der Waals surface area contributed by atoms with E-state index in [1.165, 1.54) is 15.6 Å². The van der Waals surface area contributed by atoms with Crippen LogP contribution in [0.5, 0.6) is 0 Å². The van der Waals surface area contributed by atoms with Crippen LogP contribution in [0.4, 0.5) is 0 Å². The number of fused-ring (bicyclic) bond motifs is 1. The standard InChI is InChI=1S/C22H22N4O5S2/c1-14-20(15(2)31-24-14)33(28,29)26-11-5-10-25(12-13-26)22(27)18-9-8-17(30-18)21-23-16-6-3-4-7-19(16)32-21/h3-4,6-9H,5,10-13H2,1-2H3. The Morgan fingerprint density at radius 3 is 2.64 bits per heavy atom. The van der Waals surface area contributed by atoms with Gasteiger partial charge in [0.2, 0.25) is 10.0 Å². The molecular formula is C22H22N4O5S2. The maximum Gasteiger partial charge on any atom is 0.289 e. The molecule has 0 N–H and O–H groups in total. The molecule has 0 spiro atoms. The molecule has 0 atom stereocenters. The van der Waals surface area contributed by atoms with Gasteiger partial charge in [-0.3, -0.25) is 4.79 Å². The van der Waals surface area contributed by atoms with Crippen LogP contribution in [-0.4, -0.2) is 59.8 Å². The summed E-state index contributed by atoms with van der Waals surface area (Å²) >= 11 is 1.50. The van der Waals surface area contributed by atoms with Crippen LogP contribution in [0.2, 0.25) is 0 Å². The largest absolute Gasteiger partial charge is 0.448 e. The fraction of sp³-hybridized carbons (Fsp3) is 0.318. The summed E-state index contributed by atoms with van der Waals surface area (Å²) in [5.41, 5.74) is 1.22. The van der Waals surface area contributed by atoms with E-state index in [1.807, 2.05) is 24.3 Å². The molecule has 1 amide bonds. The first-order chi connectivity index (χ1) is 15.8. The van der Waals surface area contributed by atoms with Crippen LogP contribution in [0.15, 0.2) is 50.2 Å². The highest BCUT2D eigenvalue weighted by Crippen LogP contribution is 2.31. The predicted octanol–water partition coefficient (Wildman–Crippen LogP) is 3.70. The highest BCUT2D eigenvalue weighted by Gasteiger charge is 2.33. The Morgan fingerprint density at radius 1 is 1.06 bits per heavy atom. The van der Waals surface area contributed by atoms with Gasteiger partial charge in [-0.2, -0.15) is 4.31 Å². The van der Waals surface area contributed by atoms with Crippen molar-refractivity contribution in [3.8, 4) is 10.8 Å². The minimum absolute atomic E-state index is 0.105. The molecule has 9 nitrogen and oxygen atoms in total. The minimum atomic E-state index is -3.75. The van der Waals surface area contributed by atoms with Gasteiger partial charge in [0.05, 0.1) is 10.2 Å². The molecule has 1 saturated heterocycles. The van der Waals surface area contributed by atoms with Crippen molar-refractivity contribution < 1.29 is 22.2 Å². The van der Waals surface area contributed by atoms with E-state index in [1.54, 1.807) is 30.9 Å². The summed E-state index contributed by atoms with van der Waals surface area (Å²) in [6, 6.07) is 11.2. The Kier molecular flexibility index (Phi) is 5.55. The third-order valence-electron chi connectivity index (χ3n) is 5.63. The predicted molar refractivity (Wildman–Crippen MR) is 123 cm³/mol. The summed E-state index contributed by atoms with van der Waals surface area (Å²) in [7, 11) is -3.75. The van der Waals surface area contributed by atoms with Gasteiger partial charge in [0.15, 0.2) is 22.3 Å². The molecule has 0 unspecified atom stereocenters.